The molecule has 1 aliphatic heterocycles. The number of aryl methyl sites for hydroxylation is 2. The maximum Gasteiger partial charge on any atom is 0.241 e. The second-order valence-electron chi connectivity index (χ2n) is 7.88. The number of aromatic nitrogens is 2. The van der Waals surface area contributed by atoms with Crippen LogP contribution in [0.2, 0.25) is 0 Å². The normalized spacial score (nSPS) is 16.0. The molecule has 1 fully saturated rings. The van der Waals surface area contributed by atoms with Gasteiger partial charge in [0, 0.05) is 38.9 Å². The van der Waals surface area contributed by atoms with Crippen molar-refractivity contribution in [3.05, 3.63) is 47.3 Å². The molecule has 0 bridgehead atoms. The van der Waals surface area contributed by atoms with Crippen LogP contribution in [0.15, 0.2) is 35.3 Å². The molecule has 1 atom stereocenters. The van der Waals surface area contributed by atoms with Crippen LogP contribution in [-0.2, 0) is 16.1 Å². The van der Waals surface area contributed by atoms with E-state index in [4.69, 9.17) is 9.73 Å². The van der Waals surface area contributed by atoms with Crippen molar-refractivity contribution in [3.8, 4) is 5.69 Å². The lowest BCUT2D eigenvalue weighted by atomic mass is 10.1. The standard InChI is InChI=1S/C22H32N6O2.HI/c1-16-11-17(2)28(26-16)20-8-6-5-7-19(20)13-24-22(25-14-21(29)27(3)4)23-12-18-9-10-30-15-18;/h5-8,11,18H,9-10,12-15H2,1-4H3,(H2,23,24,25);1H. The number of hydrogen-bond donors (Lipinski definition) is 2. The Bertz CT molecular complexity index is 890. The SMILES string of the molecule is Cc1cc(C)n(-c2ccccc2CN=C(NCC(=O)N(C)C)NCC2CCOC2)n1.I. The van der Waals surface area contributed by atoms with Crippen molar-refractivity contribution in [2.24, 2.45) is 10.9 Å². The molecule has 0 spiro atoms. The van der Waals surface area contributed by atoms with Crippen LogP contribution in [0.3, 0.4) is 0 Å². The molecule has 2 heterocycles. The summed E-state index contributed by atoms with van der Waals surface area (Å²) in [6.45, 7) is 7.04. The summed E-state index contributed by atoms with van der Waals surface area (Å²) in [6, 6.07) is 10.2. The van der Waals surface area contributed by atoms with E-state index in [1.54, 1.807) is 19.0 Å². The van der Waals surface area contributed by atoms with E-state index in [1.807, 2.05) is 30.7 Å². The van der Waals surface area contributed by atoms with Gasteiger partial charge in [0.2, 0.25) is 5.91 Å². The largest absolute Gasteiger partial charge is 0.381 e. The lowest BCUT2D eigenvalue weighted by molar-refractivity contribution is -0.127. The first kappa shape index (κ1) is 25.1. The Morgan fingerprint density at radius 2 is 2.06 bits per heavy atom. The molecule has 1 aliphatic rings. The number of nitrogens with zero attached hydrogens (tertiary/aromatic N) is 4. The average molecular weight is 540 g/mol. The molecular weight excluding hydrogens is 507 g/mol. The number of ether oxygens (including phenoxy) is 1. The zero-order chi connectivity index (χ0) is 21.5. The quantitative estimate of drug-likeness (QED) is 0.320. The van der Waals surface area contributed by atoms with Gasteiger partial charge in [-0.3, -0.25) is 4.79 Å². The molecule has 1 aromatic heterocycles. The summed E-state index contributed by atoms with van der Waals surface area (Å²) in [4.78, 5) is 18.3. The lowest BCUT2D eigenvalue weighted by Gasteiger charge is -2.17. The van der Waals surface area contributed by atoms with Crippen LogP contribution in [0.25, 0.3) is 5.69 Å². The molecule has 1 amide bonds. The topological polar surface area (TPSA) is 83.8 Å². The number of carbonyl (C=O) groups excluding carboxylic acids is 1. The van der Waals surface area contributed by atoms with E-state index in [1.165, 1.54) is 0 Å². The number of aliphatic imine (C=N–C) groups is 1. The number of benzene rings is 1. The minimum Gasteiger partial charge on any atom is -0.381 e. The van der Waals surface area contributed by atoms with E-state index in [-0.39, 0.29) is 36.4 Å². The predicted octanol–water partition coefficient (Wildman–Crippen LogP) is 2.27. The molecule has 8 nitrogen and oxygen atoms in total. The van der Waals surface area contributed by atoms with Crippen LogP contribution in [0.4, 0.5) is 0 Å². The smallest absolute Gasteiger partial charge is 0.241 e. The summed E-state index contributed by atoms with van der Waals surface area (Å²) in [5.74, 6) is 1.08. The highest BCUT2D eigenvalue weighted by atomic mass is 127. The van der Waals surface area contributed by atoms with Gasteiger partial charge in [0.25, 0.3) is 0 Å². The van der Waals surface area contributed by atoms with Crippen LogP contribution < -0.4 is 10.6 Å². The van der Waals surface area contributed by atoms with Crippen molar-refractivity contribution in [1.82, 2.24) is 25.3 Å². The summed E-state index contributed by atoms with van der Waals surface area (Å²) in [5.41, 5.74) is 4.14. The first-order chi connectivity index (χ1) is 14.4. The van der Waals surface area contributed by atoms with Gasteiger partial charge in [0.1, 0.15) is 0 Å². The Kier molecular flexibility index (Phi) is 9.76. The van der Waals surface area contributed by atoms with E-state index < -0.39 is 0 Å². The average Bonchev–Trinajstić information content (AvgIpc) is 3.36. The number of rotatable bonds is 7. The fourth-order valence-corrected chi connectivity index (χ4v) is 3.37. The number of amides is 1. The van der Waals surface area contributed by atoms with Crippen LogP contribution in [0, 0.1) is 19.8 Å². The van der Waals surface area contributed by atoms with Crippen molar-refractivity contribution in [1.29, 1.82) is 0 Å². The second-order valence-corrected chi connectivity index (χ2v) is 7.88. The molecule has 0 aliphatic carbocycles. The number of halogens is 1. The zero-order valence-electron chi connectivity index (χ0n) is 18.7. The van der Waals surface area contributed by atoms with Crippen molar-refractivity contribution in [2.45, 2.75) is 26.8 Å². The molecule has 1 saturated heterocycles. The third-order valence-corrected chi connectivity index (χ3v) is 5.12. The number of guanidine groups is 1. The Morgan fingerprint density at radius 1 is 1.29 bits per heavy atom. The van der Waals surface area contributed by atoms with E-state index in [0.717, 1.165) is 48.8 Å². The van der Waals surface area contributed by atoms with Crippen LogP contribution in [0.5, 0.6) is 0 Å². The van der Waals surface area contributed by atoms with Crippen molar-refractivity contribution < 1.29 is 9.53 Å². The Balaban J connectivity index is 0.00000341. The number of hydrogen-bond acceptors (Lipinski definition) is 4. The predicted molar refractivity (Wildman–Crippen MR) is 133 cm³/mol. The fourth-order valence-electron chi connectivity index (χ4n) is 3.37. The molecule has 31 heavy (non-hydrogen) atoms. The van der Waals surface area contributed by atoms with Crippen molar-refractivity contribution in [3.63, 3.8) is 0 Å². The van der Waals surface area contributed by atoms with Crippen molar-refractivity contribution >= 4 is 35.8 Å². The van der Waals surface area contributed by atoms with Gasteiger partial charge in [0.15, 0.2) is 5.96 Å². The summed E-state index contributed by atoms with van der Waals surface area (Å²) in [7, 11) is 3.49. The second kappa shape index (κ2) is 12.0. The van der Waals surface area contributed by atoms with Gasteiger partial charge in [0.05, 0.1) is 31.1 Å². The molecule has 0 radical (unpaired) electrons. The van der Waals surface area contributed by atoms with E-state index in [9.17, 15) is 4.79 Å². The van der Waals surface area contributed by atoms with Gasteiger partial charge in [-0.25, -0.2) is 9.67 Å². The van der Waals surface area contributed by atoms with Gasteiger partial charge < -0.3 is 20.3 Å². The monoisotopic (exact) mass is 540 g/mol. The molecule has 3 rings (SSSR count). The third kappa shape index (κ3) is 7.20. The minimum absolute atomic E-state index is 0. The lowest BCUT2D eigenvalue weighted by Crippen LogP contribution is -2.44. The van der Waals surface area contributed by atoms with Crippen LogP contribution in [0.1, 0.15) is 23.4 Å². The Labute approximate surface area is 201 Å². The molecule has 0 saturated carbocycles. The maximum atomic E-state index is 12.0. The molecule has 2 N–H and O–H groups in total. The highest BCUT2D eigenvalue weighted by molar-refractivity contribution is 14.0. The number of carbonyl (C=O) groups is 1. The molecule has 2 aromatic rings. The third-order valence-electron chi connectivity index (χ3n) is 5.12. The van der Waals surface area contributed by atoms with Crippen molar-refractivity contribution in [2.75, 3.05) is 40.4 Å². The zero-order valence-corrected chi connectivity index (χ0v) is 21.1. The fraction of sp³-hybridized carbons (Fsp3) is 0.500. The first-order valence-electron chi connectivity index (χ1n) is 10.4. The molecule has 9 heteroatoms. The summed E-state index contributed by atoms with van der Waals surface area (Å²) in [6.07, 6.45) is 1.04. The van der Waals surface area contributed by atoms with Gasteiger partial charge >= 0.3 is 0 Å². The molecular formula is C22H33IN6O2. The van der Waals surface area contributed by atoms with Gasteiger partial charge in [-0.1, -0.05) is 18.2 Å². The van der Waals surface area contributed by atoms with Gasteiger partial charge in [-0.05, 0) is 38.0 Å². The van der Waals surface area contributed by atoms with E-state index in [0.29, 0.717) is 18.4 Å². The number of nitrogens with one attached hydrogen (secondary N) is 2. The Morgan fingerprint density at radius 3 is 2.71 bits per heavy atom. The molecule has 1 unspecified atom stereocenters. The first-order valence-corrected chi connectivity index (χ1v) is 10.4. The minimum atomic E-state index is -0.00302. The summed E-state index contributed by atoms with van der Waals surface area (Å²) >= 11 is 0. The Hall–Kier alpha value is -2.14. The number of likely N-dealkylation sites (N-methyl/N-ethyl adjacent to an activating group) is 1. The highest BCUT2D eigenvalue weighted by Gasteiger charge is 2.16. The summed E-state index contributed by atoms with van der Waals surface area (Å²) < 4.78 is 7.41. The highest BCUT2D eigenvalue weighted by Crippen LogP contribution is 2.18. The van der Waals surface area contributed by atoms with Crippen LogP contribution >= 0.6 is 24.0 Å². The van der Waals surface area contributed by atoms with E-state index >= 15 is 0 Å². The summed E-state index contributed by atoms with van der Waals surface area (Å²) in [5, 5.41) is 11.1. The number of para-hydroxylation sites is 1. The molecule has 170 valence electrons. The van der Waals surface area contributed by atoms with Gasteiger partial charge in [-0.15, -0.1) is 24.0 Å². The van der Waals surface area contributed by atoms with Gasteiger partial charge in [-0.2, -0.15) is 5.10 Å². The molecule has 1 aromatic carbocycles. The van der Waals surface area contributed by atoms with E-state index in [2.05, 4.69) is 33.9 Å². The van der Waals surface area contributed by atoms with Crippen LogP contribution in [-0.4, -0.2) is 66.9 Å². The maximum absolute atomic E-state index is 12.0.